The molecule has 134 valence electrons. The minimum atomic E-state index is -3.66. The van der Waals surface area contributed by atoms with Gasteiger partial charge in [-0.3, -0.25) is 4.79 Å². The highest BCUT2D eigenvalue weighted by Crippen LogP contribution is 2.26. The van der Waals surface area contributed by atoms with E-state index in [2.05, 4.69) is 17.6 Å². The number of hydrogen-bond donors (Lipinski definition) is 2. The lowest BCUT2D eigenvalue weighted by Crippen LogP contribution is -2.50. The predicted molar refractivity (Wildman–Crippen MR) is 91.8 cm³/mol. The molecule has 1 aromatic heterocycles. The minimum absolute atomic E-state index is 0.0206. The van der Waals surface area contributed by atoms with Crippen molar-refractivity contribution in [2.24, 2.45) is 5.92 Å². The summed E-state index contributed by atoms with van der Waals surface area (Å²) in [6.45, 7) is 5.18. The van der Waals surface area contributed by atoms with Crippen LogP contribution in [0.2, 0.25) is 0 Å². The number of carbonyl (C=O) groups excluding carboxylic acids is 1. The summed E-state index contributed by atoms with van der Waals surface area (Å²) in [5, 5.41) is 7.91. The van der Waals surface area contributed by atoms with Crippen LogP contribution in [-0.2, 0) is 14.8 Å². The molecule has 2 fully saturated rings. The molecule has 3 heterocycles. The Bertz CT molecular complexity index is 683. The third-order valence-electron chi connectivity index (χ3n) is 4.57. The van der Waals surface area contributed by atoms with Crippen molar-refractivity contribution in [2.75, 3.05) is 39.4 Å². The molecule has 1 aromatic rings. The highest BCUT2D eigenvalue weighted by molar-refractivity contribution is 7.89. The first-order valence-electron chi connectivity index (χ1n) is 8.17. The van der Waals surface area contributed by atoms with E-state index in [9.17, 15) is 13.2 Å². The molecule has 0 aromatic carbocycles. The van der Waals surface area contributed by atoms with Crippen LogP contribution in [0.15, 0.2) is 16.3 Å². The van der Waals surface area contributed by atoms with E-state index in [1.807, 2.05) is 0 Å². The van der Waals surface area contributed by atoms with Crippen LogP contribution in [0.25, 0.3) is 0 Å². The molecule has 3 rings (SSSR count). The van der Waals surface area contributed by atoms with Gasteiger partial charge < -0.3 is 15.4 Å². The fourth-order valence-corrected chi connectivity index (χ4v) is 5.72. The molecule has 0 radical (unpaired) electrons. The predicted octanol–water partition coefficient (Wildman–Crippen LogP) is 0.497. The van der Waals surface area contributed by atoms with Crippen LogP contribution in [0.4, 0.5) is 0 Å². The molecule has 0 saturated carbocycles. The Hall–Kier alpha value is -1.00. The van der Waals surface area contributed by atoms with Gasteiger partial charge >= 0.3 is 0 Å². The van der Waals surface area contributed by atoms with Gasteiger partial charge in [0, 0.05) is 25.7 Å². The third-order valence-corrected chi connectivity index (χ3v) is 7.55. The average Bonchev–Trinajstić information content (AvgIpc) is 3.08. The molecular weight excluding hydrogens is 350 g/mol. The molecule has 2 saturated heterocycles. The Morgan fingerprint density at radius 2 is 2.17 bits per heavy atom. The maximum absolute atomic E-state index is 12.8. The van der Waals surface area contributed by atoms with Crippen LogP contribution in [0, 0.1) is 5.92 Å². The molecule has 9 heteroatoms. The van der Waals surface area contributed by atoms with E-state index in [1.54, 1.807) is 5.38 Å². The SMILES string of the molecule is CC1CCNCC1NC(=O)c1sccc1S(=O)(=O)N1CCOCC1. The summed E-state index contributed by atoms with van der Waals surface area (Å²) >= 11 is 1.17. The number of hydrogen-bond acceptors (Lipinski definition) is 6. The van der Waals surface area contributed by atoms with E-state index in [-0.39, 0.29) is 21.7 Å². The summed E-state index contributed by atoms with van der Waals surface area (Å²) in [4.78, 5) is 13.0. The van der Waals surface area contributed by atoms with Gasteiger partial charge in [-0.05, 0) is 30.3 Å². The van der Waals surface area contributed by atoms with Crippen molar-refractivity contribution >= 4 is 27.3 Å². The number of sulfonamides is 1. The van der Waals surface area contributed by atoms with Gasteiger partial charge in [0.2, 0.25) is 10.0 Å². The normalized spacial score (nSPS) is 26.2. The second-order valence-electron chi connectivity index (χ2n) is 6.18. The third kappa shape index (κ3) is 3.65. The zero-order valence-corrected chi connectivity index (χ0v) is 15.3. The Morgan fingerprint density at radius 3 is 2.88 bits per heavy atom. The summed E-state index contributed by atoms with van der Waals surface area (Å²) in [5.74, 6) is 0.0619. The van der Waals surface area contributed by atoms with Crippen molar-refractivity contribution in [3.05, 3.63) is 16.3 Å². The minimum Gasteiger partial charge on any atom is -0.379 e. The van der Waals surface area contributed by atoms with Crippen LogP contribution in [-0.4, -0.2) is 64.1 Å². The van der Waals surface area contributed by atoms with Gasteiger partial charge in [0.1, 0.15) is 9.77 Å². The number of nitrogens with zero attached hydrogens (tertiary/aromatic N) is 1. The molecule has 0 aliphatic carbocycles. The number of thiophene rings is 1. The summed E-state index contributed by atoms with van der Waals surface area (Å²) in [5.41, 5.74) is 0. The van der Waals surface area contributed by atoms with E-state index in [1.165, 1.54) is 21.7 Å². The fourth-order valence-electron chi connectivity index (χ4n) is 3.01. The van der Waals surface area contributed by atoms with E-state index in [4.69, 9.17) is 4.74 Å². The molecule has 2 aliphatic rings. The molecule has 24 heavy (non-hydrogen) atoms. The number of carbonyl (C=O) groups is 1. The highest BCUT2D eigenvalue weighted by Gasteiger charge is 2.32. The van der Waals surface area contributed by atoms with Gasteiger partial charge in [-0.25, -0.2) is 8.42 Å². The molecule has 2 N–H and O–H groups in total. The molecule has 7 nitrogen and oxygen atoms in total. The Labute approximate surface area is 146 Å². The van der Waals surface area contributed by atoms with Crippen LogP contribution < -0.4 is 10.6 Å². The van der Waals surface area contributed by atoms with Crippen molar-refractivity contribution in [2.45, 2.75) is 24.3 Å². The quantitative estimate of drug-likeness (QED) is 0.802. The van der Waals surface area contributed by atoms with Gasteiger partial charge in [-0.1, -0.05) is 6.92 Å². The Kier molecular flexibility index (Phi) is 5.56. The average molecular weight is 374 g/mol. The summed E-state index contributed by atoms with van der Waals surface area (Å²) in [7, 11) is -3.66. The first-order chi connectivity index (χ1) is 11.5. The zero-order chi connectivity index (χ0) is 17.2. The van der Waals surface area contributed by atoms with E-state index < -0.39 is 10.0 Å². The molecule has 1 amide bonds. The van der Waals surface area contributed by atoms with Crippen molar-refractivity contribution in [3.63, 3.8) is 0 Å². The van der Waals surface area contributed by atoms with Crippen LogP contribution >= 0.6 is 11.3 Å². The Morgan fingerprint density at radius 1 is 1.42 bits per heavy atom. The molecular formula is C15H23N3O4S2. The van der Waals surface area contributed by atoms with E-state index >= 15 is 0 Å². The van der Waals surface area contributed by atoms with Crippen LogP contribution in [0.1, 0.15) is 23.0 Å². The molecule has 0 bridgehead atoms. The van der Waals surface area contributed by atoms with Crippen molar-refractivity contribution < 1.29 is 17.9 Å². The highest BCUT2D eigenvalue weighted by atomic mass is 32.2. The second kappa shape index (κ2) is 7.49. The number of morpholine rings is 1. The number of ether oxygens (including phenoxy) is 1. The number of piperidine rings is 1. The van der Waals surface area contributed by atoms with Crippen molar-refractivity contribution in [1.82, 2.24) is 14.9 Å². The lowest BCUT2D eigenvalue weighted by Gasteiger charge is -2.30. The maximum atomic E-state index is 12.8. The Balaban J connectivity index is 1.78. The van der Waals surface area contributed by atoms with Crippen LogP contribution in [0.5, 0.6) is 0 Å². The van der Waals surface area contributed by atoms with Gasteiger partial charge in [0.25, 0.3) is 5.91 Å². The maximum Gasteiger partial charge on any atom is 0.263 e. The molecule has 2 atom stereocenters. The van der Waals surface area contributed by atoms with Gasteiger partial charge in [0.05, 0.1) is 13.2 Å². The standard InChI is InChI=1S/C15H23N3O4S2/c1-11-2-4-16-10-12(11)17-15(19)14-13(3-9-23-14)24(20,21)18-5-7-22-8-6-18/h3,9,11-12,16H,2,4-8,10H2,1H3,(H,17,19). The van der Waals surface area contributed by atoms with E-state index in [0.29, 0.717) is 38.8 Å². The van der Waals surface area contributed by atoms with E-state index in [0.717, 1.165) is 13.0 Å². The monoisotopic (exact) mass is 373 g/mol. The number of amides is 1. The number of nitrogens with one attached hydrogen (secondary N) is 2. The summed E-state index contributed by atoms with van der Waals surface area (Å²) < 4.78 is 32.2. The van der Waals surface area contributed by atoms with Gasteiger partial charge in [-0.2, -0.15) is 4.31 Å². The number of rotatable bonds is 4. The topological polar surface area (TPSA) is 87.7 Å². The van der Waals surface area contributed by atoms with Gasteiger partial charge in [0.15, 0.2) is 0 Å². The molecule has 2 aliphatic heterocycles. The smallest absolute Gasteiger partial charge is 0.263 e. The lowest BCUT2D eigenvalue weighted by atomic mass is 9.95. The zero-order valence-electron chi connectivity index (χ0n) is 13.7. The van der Waals surface area contributed by atoms with Crippen LogP contribution in [0.3, 0.4) is 0 Å². The second-order valence-corrected chi connectivity index (χ2v) is 9.00. The summed E-state index contributed by atoms with van der Waals surface area (Å²) in [6, 6.07) is 1.54. The largest absolute Gasteiger partial charge is 0.379 e. The summed E-state index contributed by atoms with van der Waals surface area (Å²) in [6.07, 6.45) is 0.994. The lowest BCUT2D eigenvalue weighted by molar-refractivity contribution is 0.0730. The fraction of sp³-hybridized carbons (Fsp3) is 0.667. The molecule has 2 unspecified atom stereocenters. The van der Waals surface area contributed by atoms with Crippen molar-refractivity contribution in [3.8, 4) is 0 Å². The first kappa shape index (κ1) is 17.8. The van der Waals surface area contributed by atoms with Gasteiger partial charge in [-0.15, -0.1) is 11.3 Å². The molecule has 0 spiro atoms. The first-order valence-corrected chi connectivity index (χ1v) is 10.5. The van der Waals surface area contributed by atoms with Crippen molar-refractivity contribution in [1.29, 1.82) is 0 Å².